The highest BCUT2D eigenvalue weighted by molar-refractivity contribution is 6.30. The van der Waals surface area contributed by atoms with E-state index in [2.05, 4.69) is 5.92 Å². The van der Waals surface area contributed by atoms with Gasteiger partial charge in [-0.2, -0.15) is 0 Å². The second-order valence-corrected chi connectivity index (χ2v) is 3.12. The summed E-state index contributed by atoms with van der Waals surface area (Å²) >= 11 is 5.69. The van der Waals surface area contributed by atoms with Crippen molar-refractivity contribution in [2.24, 2.45) is 5.73 Å². The van der Waals surface area contributed by atoms with E-state index in [9.17, 15) is 4.39 Å². The first-order chi connectivity index (χ1) is 6.15. The summed E-state index contributed by atoms with van der Waals surface area (Å²) in [5.74, 6) is 2.01. The molecule has 0 heterocycles. The van der Waals surface area contributed by atoms with Crippen LogP contribution in [0, 0.1) is 18.2 Å². The number of halogens is 2. The van der Waals surface area contributed by atoms with Gasteiger partial charge in [-0.1, -0.05) is 11.6 Å². The Kier molecular flexibility index (Phi) is 3.30. The molecule has 0 fully saturated rings. The highest BCUT2D eigenvalue weighted by atomic mass is 35.5. The maximum absolute atomic E-state index is 13.1. The van der Waals surface area contributed by atoms with E-state index in [1.165, 1.54) is 18.2 Å². The molecule has 0 aliphatic carbocycles. The van der Waals surface area contributed by atoms with Gasteiger partial charge < -0.3 is 5.73 Å². The van der Waals surface area contributed by atoms with Gasteiger partial charge in [0.15, 0.2) is 0 Å². The summed E-state index contributed by atoms with van der Waals surface area (Å²) in [6, 6.07) is 3.78. The Morgan fingerprint density at radius 2 is 2.31 bits per heavy atom. The fourth-order valence-corrected chi connectivity index (χ4v) is 1.22. The quantitative estimate of drug-likeness (QED) is 0.725. The number of benzene rings is 1. The first-order valence-corrected chi connectivity index (χ1v) is 4.17. The normalized spacial score (nSPS) is 12.2. The van der Waals surface area contributed by atoms with Crippen molar-refractivity contribution in [3.05, 3.63) is 34.6 Å². The lowest BCUT2D eigenvalue weighted by atomic mass is 10.0. The van der Waals surface area contributed by atoms with Gasteiger partial charge in [-0.3, -0.25) is 0 Å². The summed E-state index contributed by atoms with van der Waals surface area (Å²) in [4.78, 5) is 0. The Morgan fingerprint density at radius 3 is 2.92 bits per heavy atom. The molecule has 1 rings (SSSR count). The smallest absolute Gasteiger partial charge is 0.128 e. The average Bonchev–Trinajstić information content (AvgIpc) is 2.09. The molecule has 2 N–H and O–H groups in total. The monoisotopic (exact) mass is 197 g/mol. The molecule has 1 aromatic rings. The molecule has 0 bridgehead atoms. The van der Waals surface area contributed by atoms with E-state index in [4.69, 9.17) is 23.8 Å². The van der Waals surface area contributed by atoms with E-state index in [0.717, 1.165) is 0 Å². The molecule has 3 heteroatoms. The number of hydrogen-bond acceptors (Lipinski definition) is 1. The summed E-state index contributed by atoms with van der Waals surface area (Å²) in [6.45, 7) is 0. The highest BCUT2D eigenvalue weighted by Crippen LogP contribution is 2.21. The zero-order valence-corrected chi connectivity index (χ0v) is 7.68. The number of nitrogens with two attached hydrogens (primary N) is 1. The predicted octanol–water partition coefficient (Wildman–Crippen LogP) is 2.50. The third-order valence-electron chi connectivity index (χ3n) is 1.70. The van der Waals surface area contributed by atoms with E-state index in [1.807, 2.05) is 0 Å². The van der Waals surface area contributed by atoms with Crippen LogP contribution in [0.5, 0.6) is 0 Å². The number of hydrogen-bond donors (Lipinski definition) is 1. The van der Waals surface area contributed by atoms with E-state index in [-0.39, 0.29) is 5.82 Å². The topological polar surface area (TPSA) is 26.0 Å². The van der Waals surface area contributed by atoms with Crippen molar-refractivity contribution >= 4 is 11.6 Å². The van der Waals surface area contributed by atoms with Crippen LogP contribution in [0.1, 0.15) is 18.0 Å². The van der Waals surface area contributed by atoms with Crippen molar-refractivity contribution in [2.45, 2.75) is 12.5 Å². The maximum atomic E-state index is 13.1. The minimum atomic E-state index is -0.483. The molecule has 1 nitrogen and oxygen atoms in total. The zero-order chi connectivity index (χ0) is 9.84. The first kappa shape index (κ1) is 10.0. The summed E-state index contributed by atoms with van der Waals surface area (Å²) < 4.78 is 13.1. The standard InChI is InChI=1S/C10H9ClFN/c1-2-3-10(13)8-6-7(11)4-5-9(8)12/h1,4-6,10H,3,13H2. The van der Waals surface area contributed by atoms with Crippen LogP contribution >= 0.6 is 11.6 Å². The molecule has 13 heavy (non-hydrogen) atoms. The minimum Gasteiger partial charge on any atom is -0.323 e. The molecule has 1 unspecified atom stereocenters. The SMILES string of the molecule is C#CCC(N)c1cc(Cl)ccc1F. The lowest BCUT2D eigenvalue weighted by Crippen LogP contribution is -2.11. The first-order valence-electron chi connectivity index (χ1n) is 3.79. The summed E-state index contributed by atoms with van der Waals surface area (Å²) in [7, 11) is 0. The fourth-order valence-electron chi connectivity index (χ4n) is 1.04. The molecule has 0 aromatic heterocycles. The number of terminal acetylenes is 1. The van der Waals surface area contributed by atoms with Gasteiger partial charge in [0.1, 0.15) is 5.82 Å². The van der Waals surface area contributed by atoms with Crippen molar-refractivity contribution in [3.8, 4) is 12.3 Å². The van der Waals surface area contributed by atoms with E-state index in [1.54, 1.807) is 0 Å². The highest BCUT2D eigenvalue weighted by Gasteiger charge is 2.10. The second kappa shape index (κ2) is 4.27. The van der Waals surface area contributed by atoms with E-state index < -0.39 is 6.04 Å². The lowest BCUT2D eigenvalue weighted by molar-refractivity contribution is 0.585. The van der Waals surface area contributed by atoms with E-state index >= 15 is 0 Å². The second-order valence-electron chi connectivity index (χ2n) is 2.68. The molecule has 0 saturated carbocycles. The summed E-state index contributed by atoms with van der Waals surface area (Å²) in [5.41, 5.74) is 6.00. The van der Waals surface area contributed by atoms with Crippen LogP contribution in [-0.2, 0) is 0 Å². The zero-order valence-electron chi connectivity index (χ0n) is 6.93. The lowest BCUT2D eigenvalue weighted by Gasteiger charge is -2.09. The maximum Gasteiger partial charge on any atom is 0.128 e. The Morgan fingerprint density at radius 1 is 1.62 bits per heavy atom. The van der Waals surface area contributed by atoms with Gasteiger partial charge in [0, 0.05) is 23.0 Å². The van der Waals surface area contributed by atoms with Crippen LogP contribution in [0.3, 0.4) is 0 Å². The summed E-state index contributed by atoms with van der Waals surface area (Å²) in [5, 5.41) is 0.462. The molecule has 1 atom stereocenters. The fraction of sp³-hybridized carbons (Fsp3) is 0.200. The van der Waals surface area contributed by atoms with Crippen LogP contribution in [0.15, 0.2) is 18.2 Å². The van der Waals surface area contributed by atoms with Crippen LogP contribution in [0.25, 0.3) is 0 Å². The molecule has 0 spiro atoms. The Hall–Kier alpha value is -1.04. The van der Waals surface area contributed by atoms with Crippen molar-refractivity contribution in [1.29, 1.82) is 0 Å². The van der Waals surface area contributed by atoms with Gasteiger partial charge in [0.05, 0.1) is 0 Å². The predicted molar refractivity (Wildman–Crippen MR) is 51.8 cm³/mol. The van der Waals surface area contributed by atoms with Crippen molar-refractivity contribution in [3.63, 3.8) is 0 Å². The molecule has 0 saturated heterocycles. The van der Waals surface area contributed by atoms with Gasteiger partial charge in [-0.05, 0) is 18.2 Å². The Labute approximate surface area is 81.7 Å². The molecule has 0 radical (unpaired) electrons. The molecule has 0 aliphatic rings. The molecule has 68 valence electrons. The average molecular weight is 198 g/mol. The van der Waals surface area contributed by atoms with Gasteiger partial charge in [0.2, 0.25) is 0 Å². The summed E-state index contributed by atoms with van der Waals surface area (Å²) in [6.07, 6.45) is 5.37. The van der Waals surface area contributed by atoms with Gasteiger partial charge >= 0.3 is 0 Å². The van der Waals surface area contributed by atoms with Gasteiger partial charge in [0.25, 0.3) is 0 Å². The molecule has 1 aromatic carbocycles. The van der Waals surface area contributed by atoms with Crippen molar-refractivity contribution < 1.29 is 4.39 Å². The third kappa shape index (κ3) is 2.45. The molecular weight excluding hydrogens is 189 g/mol. The van der Waals surface area contributed by atoms with Crippen LogP contribution in [0.2, 0.25) is 5.02 Å². The van der Waals surface area contributed by atoms with Crippen molar-refractivity contribution in [2.75, 3.05) is 0 Å². The third-order valence-corrected chi connectivity index (χ3v) is 1.93. The van der Waals surface area contributed by atoms with Crippen LogP contribution < -0.4 is 5.73 Å². The largest absolute Gasteiger partial charge is 0.323 e. The van der Waals surface area contributed by atoms with Crippen LogP contribution in [0.4, 0.5) is 4.39 Å². The van der Waals surface area contributed by atoms with Crippen LogP contribution in [-0.4, -0.2) is 0 Å². The Bertz CT molecular complexity index is 343. The molecule has 0 amide bonds. The van der Waals surface area contributed by atoms with E-state index in [0.29, 0.717) is 17.0 Å². The minimum absolute atomic E-state index is 0.303. The van der Waals surface area contributed by atoms with Gasteiger partial charge in [-0.25, -0.2) is 4.39 Å². The van der Waals surface area contributed by atoms with Crippen molar-refractivity contribution in [1.82, 2.24) is 0 Å². The number of rotatable bonds is 2. The molecule has 0 aliphatic heterocycles. The molecular formula is C10H9ClFN. The van der Waals surface area contributed by atoms with Gasteiger partial charge in [-0.15, -0.1) is 12.3 Å². The Balaban J connectivity index is 3.00.